The SMILES string of the molecule is c1ccc(-n2ccc3sc4c(c32)CCNCC4)cc1. The Morgan fingerprint density at radius 1 is 1.00 bits per heavy atom. The highest BCUT2D eigenvalue weighted by molar-refractivity contribution is 7.19. The maximum Gasteiger partial charge on any atom is 0.0671 e. The van der Waals surface area contributed by atoms with Gasteiger partial charge in [0.2, 0.25) is 0 Å². The molecule has 2 nitrogen and oxygen atoms in total. The number of benzene rings is 1. The minimum atomic E-state index is 1.10. The number of thiophene rings is 1. The third kappa shape index (κ3) is 1.81. The highest BCUT2D eigenvalue weighted by atomic mass is 32.1. The Kier molecular flexibility index (Phi) is 2.67. The van der Waals surface area contributed by atoms with Crippen LogP contribution in [0.3, 0.4) is 0 Å². The van der Waals surface area contributed by atoms with Crippen molar-refractivity contribution in [3.05, 3.63) is 53.0 Å². The maximum absolute atomic E-state index is 3.49. The monoisotopic (exact) mass is 268 g/mol. The molecule has 0 bridgehead atoms. The molecule has 0 fully saturated rings. The molecule has 0 spiro atoms. The van der Waals surface area contributed by atoms with E-state index in [-0.39, 0.29) is 0 Å². The van der Waals surface area contributed by atoms with Gasteiger partial charge < -0.3 is 9.88 Å². The van der Waals surface area contributed by atoms with Gasteiger partial charge in [-0.25, -0.2) is 0 Å². The molecule has 1 aliphatic heterocycles. The summed E-state index contributed by atoms with van der Waals surface area (Å²) >= 11 is 1.97. The minimum absolute atomic E-state index is 1.10. The van der Waals surface area contributed by atoms with E-state index in [2.05, 4.69) is 52.5 Å². The third-order valence-electron chi connectivity index (χ3n) is 3.82. The Bertz CT molecular complexity index is 709. The van der Waals surface area contributed by atoms with Gasteiger partial charge in [0.15, 0.2) is 0 Å². The van der Waals surface area contributed by atoms with Gasteiger partial charge in [-0.05, 0) is 49.7 Å². The van der Waals surface area contributed by atoms with E-state index in [9.17, 15) is 0 Å². The van der Waals surface area contributed by atoms with Crippen molar-refractivity contribution in [2.75, 3.05) is 13.1 Å². The summed E-state index contributed by atoms with van der Waals surface area (Å²) in [4.78, 5) is 1.57. The molecule has 19 heavy (non-hydrogen) atoms. The van der Waals surface area contributed by atoms with Gasteiger partial charge >= 0.3 is 0 Å². The van der Waals surface area contributed by atoms with Crippen LogP contribution in [0.15, 0.2) is 42.6 Å². The first-order valence-corrected chi connectivity index (χ1v) is 7.63. The lowest BCUT2D eigenvalue weighted by molar-refractivity contribution is 0.712. The predicted octanol–water partition coefficient (Wildman–Crippen LogP) is 3.38. The molecule has 3 heterocycles. The number of nitrogens with one attached hydrogen (secondary N) is 1. The van der Waals surface area contributed by atoms with Gasteiger partial charge in [-0.2, -0.15) is 0 Å². The van der Waals surface area contributed by atoms with E-state index < -0.39 is 0 Å². The van der Waals surface area contributed by atoms with Gasteiger partial charge in [-0.1, -0.05) is 18.2 Å². The van der Waals surface area contributed by atoms with Gasteiger partial charge in [0.05, 0.1) is 10.2 Å². The zero-order valence-corrected chi connectivity index (χ0v) is 11.5. The average molecular weight is 268 g/mol. The molecule has 0 aliphatic carbocycles. The topological polar surface area (TPSA) is 17.0 Å². The fraction of sp³-hybridized carbons (Fsp3) is 0.250. The van der Waals surface area contributed by atoms with Crippen LogP contribution in [0.4, 0.5) is 0 Å². The lowest BCUT2D eigenvalue weighted by Gasteiger charge is -2.06. The summed E-state index contributed by atoms with van der Waals surface area (Å²) in [5, 5.41) is 3.49. The number of para-hydroxylation sites is 1. The van der Waals surface area contributed by atoms with Crippen molar-refractivity contribution in [3.8, 4) is 5.69 Å². The number of rotatable bonds is 1. The molecule has 3 aromatic rings. The van der Waals surface area contributed by atoms with Crippen LogP contribution in [0.5, 0.6) is 0 Å². The number of nitrogens with zero attached hydrogens (tertiary/aromatic N) is 1. The van der Waals surface area contributed by atoms with E-state index in [1.165, 1.54) is 22.3 Å². The first-order valence-electron chi connectivity index (χ1n) is 6.81. The summed E-state index contributed by atoms with van der Waals surface area (Å²) in [6.07, 6.45) is 4.52. The van der Waals surface area contributed by atoms with Crippen LogP contribution in [-0.2, 0) is 12.8 Å². The number of hydrogen-bond acceptors (Lipinski definition) is 2. The summed E-state index contributed by atoms with van der Waals surface area (Å²) in [5.41, 5.74) is 4.24. The largest absolute Gasteiger partial charge is 0.316 e. The molecular formula is C16H16N2S. The van der Waals surface area contributed by atoms with Gasteiger partial charge in [-0.15, -0.1) is 11.3 Å². The Morgan fingerprint density at radius 3 is 2.74 bits per heavy atom. The highest BCUT2D eigenvalue weighted by Gasteiger charge is 2.17. The smallest absolute Gasteiger partial charge is 0.0671 e. The lowest BCUT2D eigenvalue weighted by Crippen LogP contribution is -2.16. The molecule has 1 N–H and O–H groups in total. The van der Waals surface area contributed by atoms with E-state index in [0.29, 0.717) is 0 Å². The van der Waals surface area contributed by atoms with Crippen LogP contribution in [-0.4, -0.2) is 17.7 Å². The van der Waals surface area contributed by atoms with Crippen LogP contribution < -0.4 is 5.32 Å². The molecule has 0 unspecified atom stereocenters. The molecule has 0 saturated heterocycles. The normalized spacial score (nSPS) is 15.4. The van der Waals surface area contributed by atoms with E-state index >= 15 is 0 Å². The van der Waals surface area contributed by atoms with Crippen molar-refractivity contribution in [1.29, 1.82) is 0 Å². The van der Waals surface area contributed by atoms with E-state index in [1.54, 1.807) is 10.4 Å². The molecule has 2 aromatic heterocycles. The van der Waals surface area contributed by atoms with Crippen molar-refractivity contribution in [2.45, 2.75) is 12.8 Å². The van der Waals surface area contributed by atoms with Crippen molar-refractivity contribution >= 4 is 21.6 Å². The third-order valence-corrected chi connectivity index (χ3v) is 5.07. The number of aromatic nitrogens is 1. The van der Waals surface area contributed by atoms with Crippen molar-refractivity contribution in [3.63, 3.8) is 0 Å². The van der Waals surface area contributed by atoms with Crippen molar-refractivity contribution in [1.82, 2.24) is 9.88 Å². The molecule has 3 heteroatoms. The molecule has 0 saturated carbocycles. The van der Waals surface area contributed by atoms with Crippen molar-refractivity contribution in [2.24, 2.45) is 0 Å². The van der Waals surface area contributed by atoms with Crippen LogP contribution >= 0.6 is 11.3 Å². The van der Waals surface area contributed by atoms with Crippen LogP contribution in [0.1, 0.15) is 10.4 Å². The van der Waals surface area contributed by atoms with E-state index in [4.69, 9.17) is 0 Å². The summed E-state index contributed by atoms with van der Waals surface area (Å²) in [6, 6.07) is 12.9. The van der Waals surface area contributed by atoms with Crippen LogP contribution in [0, 0.1) is 0 Å². The molecule has 1 aliphatic rings. The second-order valence-corrected chi connectivity index (χ2v) is 6.12. The van der Waals surface area contributed by atoms with Crippen LogP contribution in [0.2, 0.25) is 0 Å². The maximum atomic E-state index is 3.49. The second-order valence-electron chi connectivity index (χ2n) is 4.99. The molecule has 4 rings (SSSR count). The molecule has 0 amide bonds. The second kappa shape index (κ2) is 4.51. The summed E-state index contributed by atoms with van der Waals surface area (Å²) in [7, 11) is 0. The Balaban J connectivity index is 1.95. The van der Waals surface area contributed by atoms with E-state index in [0.717, 1.165) is 19.5 Å². The number of hydrogen-bond donors (Lipinski definition) is 1. The zero-order chi connectivity index (χ0) is 12.7. The standard InChI is InChI=1S/C16H16N2S/c1-2-4-12(5-3-1)18-11-8-15-16(18)13-6-9-17-10-7-14(13)19-15/h1-5,8,11,17H,6-7,9-10H2. The molecule has 1 aromatic carbocycles. The van der Waals surface area contributed by atoms with Crippen molar-refractivity contribution < 1.29 is 0 Å². The molecular weight excluding hydrogens is 252 g/mol. The first-order chi connectivity index (χ1) is 9.43. The Labute approximate surface area is 116 Å². The van der Waals surface area contributed by atoms with Crippen LogP contribution in [0.25, 0.3) is 15.9 Å². The molecule has 96 valence electrons. The fourth-order valence-corrected chi connectivity index (χ4v) is 4.16. The zero-order valence-electron chi connectivity index (χ0n) is 10.7. The highest BCUT2D eigenvalue weighted by Crippen LogP contribution is 2.35. The van der Waals surface area contributed by atoms with E-state index in [1.807, 2.05) is 11.3 Å². The lowest BCUT2D eigenvalue weighted by atomic mass is 10.1. The molecule has 0 radical (unpaired) electrons. The van der Waals surface area contributed by atoms with Gasteiger partial charge in [0.1, 0.15) is 0 Å². The first kappa shape index (κ1) is 11.3. The quantitative estimate of drug-likeness (QED) is 0.716. The van der Waals surface area contributed by atoms with Gasteiger partial charge in [0, 0.05) is 16.8 Å². The van der Waals surface area contributed by atoms with Gasteiger partial charge in [-0.3, -0.25) is 0 Å². The number of fused-ring (bicyclic) bond motifs is 3. The predicted molar refractivity (Wildman–Crippen MR) is 81.4 cm³/mol. The average Bonchev–Trinajstić information content (AvgIpc) is 2.92. The van der Waals surface area contributed by atoms with Gasteiger partial charge in [0.25, 0.3) is 0 Å². The summed E-state index contributed by atoms with van der Waals surface area (Å²) in [5.74, 6) is 0. The minimum Gasteiger partial charge on any atom is -0.316 e. The summed E-state index contributed by atoms with van der Waals surface area (Å²) < 4.78 is 3.77. The Morgan fingerprint density at radius 2 is 1.84 bits per heavy atom. The molecule has 0 atom stereocenters. The summed E-state index contributed by atoms with van der Waals surface area (Å²) in [6.45, 7) is 2.21. The fourth-order valence-electron chi connectivity index (χ4n) is 2.92. The Hall–Kier alpha value is -1.58.